The lowest BCUT2D eigenvalue weighted by Gasteiger charge is -2.17. The predicted molar refractivity (Wildman–Crippen MR) is 75.0 cm³/mol. The first-order valence-corrected chi connectivity index (χ1v) is 7.16. The molecule has 5 nitrogen and oxygen atoms in total. The fourth-order valence-electron chi connectivity index (χ4n) is 2.09. The molecule has 1 saturated heterocycles. The van der Waals surface area contributed by atoms with E-state index in [2.05, 4.69) is 21.2 Å². The lowest BCUT2D eigenvalue weighted by molar-refractivity contribution is -0.137. The molecule has 0 radical (unpaired) electrons. The lowest BCUT2D eigenvalue weighted by atomic mass is 10.3. The molecular weight excluding hydrogens is 312 g/mol. The van der Waals surface area contributed by atoms with Gasteiger partial charge in [-0.2, -0.15) is 0 Å². The van der Waals surface area contributed by atoms with Crippen molar-refractivity contribution in [3.8, 4) is 0 Å². The van der Waals surface area contributed by atoms with E-state index in [0.29, 0.717) is 18.8 Å². The summed E-state index contributed by atoms with van der Waals surface area (Å²) in [6.45, 7) is 7.45. The summed E-state index contributed by atoms with van der Waals surface area (Å²) in [6.07, 6.45) is 1.81. The van der Waals surface area contributed by atoms with Crippen molar-refractivity contribution in [2.24, 2.45) is 0 Å². The van der Waals surface area contributed by atoms with Crippen molar-refractivity contribution in [1.29, 1.82) is 0 Å². The number of hydrogen-bond acceptors (Lipinski definition) is 3. The van der Waals surface area contributed by atoms with Crippen LogP contribution in [0, 0.1) is 0 Å². The molecule has 1 atom stereocenters. The number of carbonyl (C=O) groups is 1. The van der Waals surface area contributed by atoms with Gasteiger partial charge in [0.25, 0.3) is 5.91 Å². The van der Waals surface area contributed by atoms with Crippen molar-refractivity contribution in [3.05, 3.63) is 22.4 Å². The highest BCUT2D eigenvalue weighted by atomic mass is 79.9. The van der Waals surface area contributed by atoms with Crippen molar-refractivity contribution in [3.63, 3.8) is 0 Å². The van der Waals surface area contributed by atoms with E-state index in [0.717, 1.165) is 11.0 Å². The average molecular weight is 331 g/mol. The van der Waals surface area contributed by atoms with Crippen LogP contribution in [-0.2, 0) is 16.0 Å². The van der Waals surface area contributed by atoms with E-state index >= 15 is 0 Å². The molecule has 1 aliphatic rings. The first-order valence-electron chi connectivity index (χ1n) is 6.37. The van der Waals surface area contributed by atoms with E-state index in [-0.39, 0.29) is 12.0 Å². The number of aromatic nitrogens is 1. The Balaban J connectivity index is 1.91. The summed E-state index contributed by atoms with van der Waals surface area (Å²) in [5, 5.41) is 2.88. The van der Waals surface area contributed by atoms with Crippen LogP contribution in [0.2, 0.25) is 0 Å². The second-order valence-corrected chi connectivity index (χ2v) is 5.91. The molecule has 1 aromatic heterocycles. The summed E-state index contributed by atoms with van der Waals surface area (Å²) in [5.41, 5.74) is 0.646. The van der Waals surface area contributed by atoms with Crippen LogP contribution in [0.4, 0.5) is 0 Å². The van der Waals surface area contributed by atoms with Crippen molar-refractivity contribution in [1.82, 2.24) is 9.88 Å². The van der Waals surface area contributed by atoms with Gasteiger partial charge in [-0.3, -0.25) is 4.79 Å². The second-order valence-electron chi connectivity index (χ2n) is 4.99. The Bertz CT molecular complexity index is 470. The molecule has 0 aromatic carbocycles. The third-order valence-electron chi connectivity index (χ3n) is 2.99. The Morgan fingerprint density at radius 3 is 2.95 bits per heavy atom. The van der Waals surface area contributed by atoms with Crippen molar-refractivity contribution >= 4 is 21.8 Å². The molecule has 1 aromatic rings. The van der Waals surface area contributed by atoms with Crippen LogP contribution in [0.3, 0.4) is 0 Å². The molecule has 106 valence electrons. The number of aryl methyl sites for hydroxylation is 1. The summed E-state index contributed by atoms with van der Waals surface area (Å²) in [4.78, 5) is 12.1. The van der Waals surface area contributed by atoms with Gasteiger partial charge in [0.05, 0.1) is 6.61 Å². The second kappa shape index (κ2) is 5.64. The SMILES string of the molecule is CCn1cc(Br)cc1C(=O)NCC1COC(C)(C)O1. The van der Waals surface area contributed by atoms with Crippen LogP contribution in [0.5, 0.6) is 0 Å². The van der Waals surface area contributed by atoms with Crippen LogP contribution in [0.25, 0.3) is 0 Å². The minimum Gasteiger partial charge on any atom is -0.348 e. The monoisotopic (exact) mass is 330 g/mol. The van der Waals surface area contributed by atoms with E-state index in [1.165, 1.54) is 0 Å². The molecule has 2 heterocycles. The fraction of sp³-hybridized carbons (Fsp3) is 0.615. The molecule has 6 heteroatoms. The number of rotatable bonds is 4. The highest BCUT2D eigenvalue weighted by molar-refractivity contribution is 9.10. The molecule has 1 unspecified atom stereocenters. The summed E-state index contributed by atoms with van der Waals surface area (Å²) in [6, 6.07) is 1.81. The van der Waals surface area contributed by atoms with Gasteiger partial charge in [-0.15, -0.1) is 0 Å². The topological polar surface area (TPSA) is 52.5 Å². The van der Waals surface area contributed by atoms with Gasteiger partial charge in [-0.1, -0.05) is 0 Å². The molecule has 0 spiro atoms. The summed E-state index contributed by atoms with van der Waals surface area (Å²) in [7, 11) is 0. The Labute approximate surface area is 121 Å². The van der Waals surface area contributed by atoms with E-state index in [9.17, 15) is 4.79 Å². The first kappa shape index (κ1) is 14.6. The third kappa shape index (κ3) is 3.58. The number of nitrogens with one attached hydrogen (secondary N) is 1. The maximum Gasteiger partial charge on any atom is 0.268 e. The molecule has 1 amide bonds. The molecule has 19 heavy (non-hydrogen) atoms. The highest BCUT2D eigenvalue weighted by Gasteiger charge is 2.32. The van der Waals surface area contributed by atoms with Gasteiger partial charge in [-0.05, 0) is 42.8 Å². The van der Waals surface area contributed by atoms with Gasteiger partial charge >= 0.3 is 0 Å². The van der Waals surface area contributed by atoms with Crippen molar-refractivity contribution in [2.75, 3.05) is 13.2 Å². The quantitative estimate of drug-likeness (QED) is 0.920. The Hall–Kier alpha value is -0.850. The summed E-state index contributed by atoms with van der Waals surface area (Å²) in [5.74, 6) is -0.650. The number of nitrogens with zero attached hydrogens (tertiary/aromatic N) is 1. The van der Waals surface area contributed by atoms with Crippen LogP contribution in [-0.4, -0.2) is 35.5 Å². The molecule has 1 N–H and O–H groups in total. The normalized spacial score (nSPS) is 21.6. The van der Waals surface area contributed by atoms with Gasteiger partial charge < -0.3 is 19.4 Å². The van der Waals surface area contributed by atoms with Crippen LogP contribution in [0.15, 0.2) is 16.7 Å². The average Bonchev–Trinajstić information content (AvgIpc) is 2.89. The van der Waals surface area contributed by atoms with Gasteiger partial charge in [0.1, 0.15) is 11.8 Å². The molecule has 0 bridgehead atoms. The van der Waals surface area contributed by atoms with E-state index < -0.39 is 5.79 Å². The predicted octanol–water partition coefficient (Wildman–Crippen LogP) is 2.15. The van der Waals surface area contributed by atoms with Crippen molar-refractivity contribution in [2.45, 2.75) is 39.2 Å². The van der Waals surface area contributed by atoms with Crippen LogP contribution < -0.4 is 5.32 Å². The zero-order chi connectivity index (χ0) is 14.0. The van der Waals surface area contributed by atoms with Crippen LogP contribution in [0.1, 0.15) is 31.3 Å². The zero-order valence-corrected chi connectivity index (χ0v) is 13.0. The van der Waals surface area contributed by atoms with Gasteiger partial charge in [0.15, 0.2) is 5.79 Å². The fourth-order valence-corrected chi connectivity index (χ4v) is 2.55. The maximum atomic E-state index is 12.1. The minimum atomic E-state index is -0.554. The molecule has 0 saturated carbocycles. The molecule has 1 aliphatic heterocycles. The standard InChI is InChI=1S/C13H19BrN2O3/c1-4-16-7-9(14)5-11(16)12(17)15-6-10-8-18-13(2,3)19-10/h5,7,10H,4,6,8H2,1-3H3,(H,15,17). The highest BCUT2D eigenvalue weighted by Crippen LogP contribution is 2.22. The molecule has 2 rings (SSSR count). The number of amides is 1. The Kier molecular flexibility index (Phi) is 4.32. The molecule has 0 aliphatic carbocycles. The zero-order valence-electron chi connectivity index (χ0n) is 11.4. The third-order valence-corrected chi connectivity index (χ3v) is 3.43. The minimum absolute atomic E-state index is 0.0903. The summed E-state index contributed by atoms with van der Waals surface area (Å²) >= 11 is 3.38. The van der Waals surface area contributed by atoms with E-state index in [1.54, 1.807) is 0 Å². The smallest absolute Gasteiger partial charge is 0.268 e. The maximum absolute atomic E-state index is 12.1. The van der Waals surface area contributed by atoms with E-state index in [1.807, 2.05) is 37.6 Å². The Morgan fingerprint density at radius 1 is 1.63 bits per heavy atom. The van der Waals surface area contributed by atoms with Gasteiger partial charge in [0.2, 0.25) is 0 Å². The van der Waals surface area contributed by atoms with E-state index in [4.69, 9.17) is 9.47 Å². The molecule has 1 fully saturated rings. The lowest BCUT2D eigenvalue weighted by Crippen LogP contribution is -2.35. The number of ether oxygens (including phenoxy) is 2. The Morgan fingerprint density at radius 2 is 2.37 bits per heavy atom. The van der Waals surface area contributed by atoms with Gasteiger partial charge in [0, 0.05) is 23.8 Å². The summed E-state index contributed by atoms with van der Waals surface area (Å²) < 4.78 is 13.9. The van der Waals surface area contributed by atoms with Crippen molar-refractivity contribution < 1.29 is 14.3 Å². The van der Waals surface area contributed by atoms with Crippen LogP contribution >= 0.6 is 15.9 Å². The molecular formula is C13H19BrN2O3. The number of hydrogen-bond donors (Lipinski definition) is 1. The number of halogens is 1. The van der Waals surface area contributed by atoms with Gasteiger partial charge in [-0.25, -0.2) is 0 Å². The number of carbonyl (C=O) groups excluding carboxylic acids is 1. The largest absolute Gasteiger partial charge is 0.348 e. The first-order chi connectivity index (χ1) is 8.91.